The molecule has 1 heterocycles. The molecule has 1 aromatic carbocycles. The molecule has 1 fully saturated rings. The summed E-state index contributed by atoms with van der Waals surface area (Å²) in [6.07, 6.45) is 4.05. The summed E-state index contributed by atoms with van der Waals surface area (Å²) in [4.78, 5) is 2.32. The summed E-state index contributed by atoms with van der Waals surface area (Å²) in [5.41, 5.74) is 7.22. The lowest BCUT2D eigenvalue weighted by molar-refractivity contribution is -0.00777. The lowest BCUT2D eigenvalue weighted by Gasteiger charge is -2.32. The quantitative estimate of drug-likeness (QED) is 0.868. The van der Waals surface area contributed by atoms with Crippen molar-refractivity contribution in [2.24, 2.45) is 5.73 Å². The summed E-state index contributed by atoms with van der Waals surface area (Å²) in [5.74, 6) is 0. The molecule has 1 saturated heterocycles. The van der Waals surface area contributed by atoms with E-state index in [9.17, 15) is 0 Å². The second-order valence-electron chi connectivity index (χ2n) is 5.09. The largest absolute Gasteiger partial charge is 0.377 e. The number of rotatable bonds is 5. The average Bonchev–Trinajstić information content (AvgIpc) is 2.42. The Hall–Kier alpha value is -0.900. The van der Waals surface area contributed by atoms with Gasteiger partial charge < -0.3 is 10.5 Å². The molecule has 2 atom stereocenters. The van der Waals surface area contributed by atoms with Crippen molar-refractivity contribution in [3.8, 4) is 0 Å². The maximum atomic E-state index is 5.93. The topological polar surface area (TPSA) is 38.5 Å². The van der Waals surface area contributed by atoms with Crippen molar-refractivity contribution >= 4 is 0 Å². The standard InChI is InChI=1S/C15H24N2O/c1-17(12-14-9-5-6-10-18-14)15(11-16)13-7-3-2-4-8-13/h2-4,7-8,14-15H,5-6,9-12,16H2,1H3. The van der Waals surface area contributed by atoms with Crippen LogP contribution in [0, 0.1) is 0 Å². The van der Waals surface area contributed by atoms with Gasteiger partial charge in [0.15, 0.2) is 0 Å². The molecule has 2 unspecified atom stereocenters. The van der Waals surface area contributed by atoms with Gasteiger partial charge in [0.25, 0.3) is 0 Å². The zero-order valence-electron chi connectivity index (χ0n) is 11.2. The zero-order valence-corrected chi connectivity index (χ0v) is 11.2. The van der Waals surface area contributed by atoms with Crippen molar-refractivity contribution < 1.29 is 4.74 Å². The van der Waals surface area contributed by atoms with Crippen LogP contribution in [0.5, 0.6) is 0 Å². The predicted octanol–water partition coefficient (Wildman–Crippen LogP) is 2.19. The Labute approximate surface area is 110 Å². The highest BCUT2D eigenvalue weighted by Gasteiger charge is 2.21. The molecule has 0 saturated carbocycles. The van der Waals surface area contributed by atoms with Crippen molar-refractivity contribution in [3.63, 3.8) is 0 Å². The molecule has 0 aliphatic carbocycles. The van der Waals surface area contributed by atoms with Crippen LogP contribution in [-0.2, 0) is 4.74 Å². The number of nitrogens with two attached hydrogens (primary N) is 1. The van der Waals surface area contributed by atoms with Gasteiger partial charge in [0.1, 0.15) is 0 Å². The lowest BCUT2D eigenvalue weighted by atomic mass is 10.0. The first-order valence-corrected chi connectivity index (χ1v) is 6.88. The molecule has 1 aliphatic rings. The number of nitrogens with zero attached hydrogens (tertiary/aromatic N) is 1. The van der Waals surface area contributed by atoms with E-state index in [1.807, 2.05) is 6.07 Å². The van der Waals surface area contributed by atoms with E-state index in [2.05, 4.69) is 36.2 Å². The highest BCUT2D eigenvalue weighted by molar-refractivity contribution is 5.19. The molecule has 2 rings (SSSR count). The van der Waals surface area contributed by atoms with Crippen LogP contribution < -0.4 is 5.73 Å². The van der Waals surface area contributed by atoms with Crippen molar-refractivity contribution in [1.29, 1.82) is 0 Å². The molecule has 0 bridgehead atoms. The normalized spacial score (nSPS) is 22.1. The minimum atomic E-state index is 0.289. The van der Waals surface area contributed by atoms with Gasteiger partial charge >= 0.3 is 0 Å². The SMILES string of the molecule is CN(CC1CCCCO1)C(CN)c1ccccc1. The van der Waals surface area contributed by atoms with Gasteiger partial charge in [-0.25, -0.2) is 0 Å². The molecule has 3 heteroatoms. The van der Waals surface area contributed by atoms with E-state index in [1.165, 1.54) is 24.8 Å². The van der Waals surface area contributed by atoms with E-state index in [1.54, 1.807) is 0 Å². The Morgan fingerprint density at radius 2 is 2.11 bits per heavy atom. The third-order valence-corrected chi connectivity index (χ3v) is 3.71. The van der Waals surface area contributed by atoms with Gasteiger partial charge in [-0.15, -0.1) is 0 Å². The number of ether oxygens (including phenoxy) is 1. The predicted molar refractivity (Wildman–Crippen MR) is 74.5 cm³/mol. The fourth-order valence-electron chi connectivity index (χ4n) is 2.65. The van der Waals surface area contributed by atoms with Crippen LogP contribution in [0.1, 0.15) is 30.9 Å². The van der Waals surface area contributed by atoms with E-state index in [-0.39, 0.29) is 6.04 Å². The van der Waals surface area contributed by atoms with Crippen molar-refractivity contribution in [1.82, 2.24) is 4.90 Å². The van der Waals surface area contributed by atoms with Gasteiger partial charge in [0, 0.05) is 25.7 Å². The van der Waals surface area contributed by atoms with Crippen LogP contribution in [0.25, 0.3) is 0 Å². The molecule has 0 spiro atoms. The maximum Gasteiger partial charge on any atom is 0.0702 e. The van der Waals surface area contributed by atoms with Gasteiger partial charge in [-0.05, 0) is 31.9 Å². The van der Waals surface area contributed by atoms with E-state index >= 15 is 0 Å². The lowest BCUT2D eigenvalue weighted by Crippen LogP contribution is -2.38. The first-order valence-electron chi connectivity index (χ1n) is 6.88. The minimum Gasteiger partial charge on any atom is -0.377 e. The average molecular weight is 248 g/mol. The highest BCUT2D eigenvalue weighted by atomic mass is 16.5. The molecule has 0 radical (unpaired) electrons. The molecule has 3 nitrogen and oxygen atoms in total. The van der Waals surface area contributed by atoms with Crippen molar-refractivity contribution in [2.45, 2.75) is 31.4 Å². The fraction of sp³-hybridized carbons (Fsp3) is 0.600. The number of hydrogen-bond acceptors (Lipinski definition) is 3. The Morgan fingerprint density at radius 3 is 2.72 bits per heavy atom. The monoisotopic (exact) mass is 248 g/mol. The minimum absolute atomic E-state index is 0.289. The molecular formula is C15H24N2O. The van der Waals surface area contributed by atoms with Gasteiger partial charge in [-0.2, -0.15) is 0 Å². The summed E-state index contributed by atoms with van der Waals surface area (Å²) >= 11 is 0. The van der Waals surface area contributed by atoms with Crippen LogP contribution in [0.4, 0.5) is 0 Å². The second kappa shape index (κ2) is 6.88. The molecule has 1 aliphatic heterocycles. The Balaban J connectivity index is 1.94. The van der Waals surface area contributed by atoms with Gasteiger partial charge in [-0.3, -0.25) is 4.90 Å². The van der Waals surface area contributed by atoms with Crippen molar-refractivity contribution in [2.75, 3.05) is 26.7 Å². The molecule has 1 aromatic rings. The summed E-state index contributed by atoms with van der Waals surface area (Å²) in [5, 5.41) is 0. The first kappa shape index (κ1) is 13.5. The third kappa shape index (κ3) is 3.55. The van der Waals surface area contributed by atoms with Gasteiger partial charge in [0.2, 0.25) is 0 Å². The summed E-state index contributed by atoms with van der Waals surface area (Å²) in [6, 6.07) is 10.8. The van der Waals surface area contributed by atoms with Crippen molar-refractivity contribution in [3.05, 3.63) is 35.9 Å². The number of hydrogen-bond donors (Lipinski definition) is 1. The van der Waals surface area contributed by atoms with Crippen LogP contribution in [0.3, 0.4) is 0 Å². The number of benzene rings is 1. The Bertz CT molecular complexity index is 336. The van der Waals surface area contributed by atoms with Crippen LogP contribution >= 0.6 is 0 Å². The molecule has 0 amide bonds. The summed E-state index contributed by atoms with van der Waals surface area (Å²) < 4.78 is 5.80. The Kier molecular flexibility index (Phi) is 5.17. The third-order valence-electron chi connectivity index (χ3n) is 3.71. The van der Waals surface area contributed by atoms with Crippen LogP contribution in [-0.4, -0.2) is 37.7 Å². The fourth-order valence-corrected chi connectivity index (χ4v) is 2.65. The maximum absolute atomic E-state index is 5.93. The van der Waals surface area contributed by atoms with E-state index in [0.717, 1.165) is 13.2 Å². The molecule has 0 aromatic heterocycles. The second-order valence-corrected chi connectivity index (χ2v) is 5.09. The zero-order chi connectivity index (χ0) is 12.8. The first-order chi connectivity index (χ1) is 8.81. The van der Waals surface area contributed by atoms with E-state index in [0.29, 0.717) is 12.6 Å². The molecule has 18 heavy (non-hydrogen) atoms. The molecular weight excluding hydrogens is 224 g/mol. The van der Waals surface area contributed by atoms with Crippen LogP contribution in [0.15, 0.2) is 30.3 Å². The number of likely N-dealkylation sites (N-methyl/N-ethyl adjacent to an activating group) is 1. The Morgan fingerprint density at radius 1 is 1.33 bits per heavy atom. The van der Waals surface area contributed by atoms with Gasteiger partial charge in [-0.1, -0.05) is 30.3 Å². The smallest absolute Gasteiger partial charge is 0.0702 e. The summed E-state index contributed by atoms with van der Waals surface area (Å²) in [7, 11) is 2.14. The van der Waals surface area contributed by atoms with Gasteiger partial charge in [0.05, 0.1) is 6.10 Å². The van der Waals surface area contributed by atoms with Crippen LogP contribution in [0.2, 0.25) is 0 Å². The molecule has 2 N–H and O–H groups in total. The van der Waals surface area contributed by atoms with E-state index in [4.69, 9.17) is 10.5 Å². The highest BCUT2D eigenvalue weighted by Crippen LogP contribution is 2.21. The summed E-state index contributed by atoms with van der Waals surface area (Å²) in [6.45, 7) is 2.53. The molecule has 100 valence electrons. The van der Waals surface area contributed by atoms with E-state index < -0.39 is 0 Å².